The summed E-state index contributed by atoms with van der Waals surface area (Å²) in [5.41, 5.74) is 1.39. The number of nitrogens with zero attached hydrogens (tertiary/aromatic N) is 3. The number of hydrogen-bond donors (Lipinski definition) is 1. The van der Waals surface area contributed by atoms with Crippen LogP contribution in [0.15, 0.2) is 36.8 Å². The van der Waals surface area contributed by atoms with Crippen molar-refractivity contribution in [2.75, 3.05) is 26.4 Å². The first kappa shape index (κ1) is 21.2. The second-order valence-electron chi connectivity index (χ2n) is 6.35. The Kier molecular flexibility index (Phi) is 6.85. The molecule has 1 saturated heterocycles. The van der Waals surface area contributed by atoms with Crippen LogP contribution < -0.4 is 9.50 Å². The second-order valence-corrected chi connectivity index (χ2v) is 7.93. The molecule has 2 aromatic rings. The fourth-order valence-corrected chi connectivity index (χ4v) is 3.43. The van der Waals surface area contributed by atoms with Crippen molar-refractivity contribution in [1.82, 2.24) is 19.8 Å². The maximum Gasteiger partial charge on any atom is 0.329 e. The topological polar surface area (TPSA) is 93.5 Å². The first-order chi connectivity index (χ1) is 12.3. The van der Waals surface area contributed by atoms with E-state index in [1.807, 2.05) is 7.05 Å². The van der Waals surface area contributed by atoms with Gasteiger partial charge in [-0.15, -0.1) is 12.4 Å². The zero-order valence-corrected chi connectivity index (χ0v) is 16.8. The van der Waals surface area contributed by atoms with Crippen molar-refractivity contribution < 1.29 is 17.4 Å². The lowest BCUT2D eigenvalue weighted by Crippen LogP contribution is -2.45. The van der Waals surface area contributed by atoms with E-state index < -0.39 is 10.1 Å². The molecule has 1 fully saturated rings. The molecule has 8 nitrogen and oxygen atoms in total. The average molecular weight is 415 g/mol. The number of piperidine rings is 1. The van der Waals surface area contributed by atoms with Gasteiger partial charge in [-0.2, -0.15) is 8.42 Å². The average Bonchev–Trinajstić information content (AvgIpc) is 3.10. The van der Waals surface area contributed by atoms with Crippen LogP contribution in [0.1, 0.15) is 12.8 Å². The maximum absolute atomic E-state index is 12.6. The van der Waals surface area contributed by atoms with Gasteiger partial charge in [0.15, 0.2) is 0 Å². The fourth-order valence-electron chi connectivity index (χ4n) is 2.96. The molecule has 0 radical (unpaired) electrons. The first-order valence-corrected chi connectivity index (χ1v) is 10.2. The lowest BCUT2D eigenvalue weighted by molar-refractivity contribution is 0.178. The smallest absolute Gasteiger partial charge is 0.329 e. The summed E-state index contributed by atoms with van der Waals surface area (Å²) in [6, 6.07) is 6.62. The summed E-state index contributed by atoms with van der Waals surface area (Å²) in [4.78, 5) is 18.7. The van der Waals surface area contributed by atoms with E-state index in [-0.39, 0.29) is 30.2 Å². The number of carbonyl (C=O) groups excluding carboxylic acids is 1. The number of amides is 1. The summed E-state index contributed by atoms with van der Waals surface area (Å²) in [5.74, 6) is 0.234. The van der Waals surface area contributed by atoms with E-state index in [4.69, 9.17) is 4.18 Å². The zero-order valence-electron chi connectivity index (χ0n) is 15.2. The van der Waals surface area contributed by atoms with Crippen molar-refractivity contribution in [3.63, 3.8) is 0 Å². The quantitative estimate of drug-likeness (QED) is 0.768. The van der Waals surface area contributed by atoms with Gasteiger partial charge in [-0.25, -0.2) is 9.78 Å². The molecule has 1 aliphatic heterocycles. The van der Waals surface area contributed by atoms with Crippen molar-refractivity contribution in [1.29, 1.82) is 0 Å². The standard InChI is InChI=1S/C17H22N4O4S.ClH/c1-20(14-7-9-18-10-8-14)17(22)21-11-16(19-12-21)13-3-5-15(6-4-13)25-26(2,23)24;/h3-6,11-12,14,18H,7-10H2,1-2H3;1H. The summed E-state index contributed by atoms with van der Waals surface area (Å²) in [6.07, 6.45) is 6.03. The van der Waals surface area contributed by atoms with Gasteiger partial charge in [0.2, 0.25) is 0 Å². The van der Waals surface area contributed by atoms with Gasteiger partial charge in [-0.3, -0.25) is 4.57 Å². The van der Waals surface area contributed by atoms with E-state index in [9.17, 15) is 13.2 Å². The van der Waals surface area contributed by atoms with E-state index in [2.05, 4.69) is 10.3 Å². The third-order valence-electron chi connectivity index (χ3n) is 4.36. The van der Waals surface area contributed by atoms with E-state index in [0.29, 0.717) is 5.69 Å². The van der Waals surface area contributed by atoms with Crippen molar-refractivity contribution in [3.05, 3.63) is 36.8 Å². The van der Waals surface area contributed by atoms with Gasteiger partial charge < -0.3 is 14.4 Å². The molecule has 148 valence electrons. The van der Waals surface area contributed by atoms with Crippen molar-refractivity contribution in [3.8, 4) is 17.0 Å². The molecule has 0 unspecified atom stereocenters. The lowest BCUT2D eigenvalue weighted by Gasteiger charge is -2.31. The molecule has 0 aliphatic carbocycles. The number of carbonyl (C=O) groups is 1. The molecular formula is C17H23ClN4O4S. The van der Waals surface area contributed by atoms with Crippen molar-refractivity contribution in [2.24, 2.45) is 0 Å². The highest BCUT2D eigenvalue weighted by atomic mass is 35.5. The molecule has 1 aliphatic rings. The van der Waals surface area contributed by atoms with Crippen LogP contribution in [-0.4, -0.2) is 61.3 Å². The van der Waals surface area contributed by atoms with Gasteiger partial charge in [0.25, 0.3) is 0 Å². The highest BCUT2D eigenvalue weighted by Gasteiger charge is 2.23. The highest BCUT2D eigenvalue weighted by molar-refractivity contribution is 7.86. The number of halogens is 1. The molecule has 2 heterocycles. The van der Waals surface area contributed by atoms with Gasteiger partial charge in [0.1, 0.15) is 12.1 Å². The SMILES string of the molecule is CN(C(=O)n1cnc(-c2ccc(OS(C)(=O)=O)cc2)c1)C1CCNCC1.Cl. The Bertz CT molecular complexity index is 877. The van der Waals surface area contributed by atoms with E-state index in [1.165, 1.54) is 10.9 Å². The number of rotatable bonds is 4. The van der Waals surface area contributed by atoms with Gasteiger partial charge in [0.05, 0.1) is 11.9 Å². The predicted molar refractivity (Wildman–Crippen MR) is 105 cm³/mol. The molecule has 0 spiro atoms. The fraction of sp³-hybridized carbons (Fsp3) is 0.412. The third-order valence-corrected chi connectivity index (χ3v) is 4.85. The number of hydrogen-bond acceptors (Lipinski definition) is 6. The normalized spacial score (nSPS) is 15.0. The van der Waals surface area contributed by atoms with Crippen LogP contribution in [0.3, 0.4) is 0 Å². The molecule has 1 amide bonds. The van der Waals surface area contributed by atoms with Gasteiger partial charge in [-0.1, -0.05) is 0 Å². The molecule has 27 heavy (non-hydrogen) atoms. The minimum atomic E-state index is -3.56. The van der Waals surface area contributed by atoms with Gasteiger partial charge in [-0.05, 0) is 50.2 Å². The van der Waals surface area contributed by atoms with E-state index in [1.54, 1.807) is 35.4 Å². The Balaban J connectivity index is 0.00000261. The summed E-state index contributed by atoms with van der Waals surface area (Å²) < 4.78 is 28.6. The lowest BCUT2D eigenvalue weighted by atomic mass is 10.1. The Morgan fingerprint density at radius 1 is 1.26 bits per heavy atom. The zero-order chi connectivity index (χ0) is 18.7. The highest BCUT2D eigenvalue weighted by Crippen LogP contribution is 2.22. The Morgan fingerprint density at radius 2 is 1.89 bits per heavy atom. The van der Waals surface area contributed by atoms with Crippen molar-refractivity contribution >= 4 is 28.6 Å². The number of imidazole rings is 1. The van der Waals surface area contributed by atoms with Crippen LogP contribution in [0.4, 0.5) is 4.79 Å². The maximum atomic E-state index is 12.6. The largest absolute Gasteiger partial charge is 0.383 e. The van der Waals surface area contributed by atoms with Crippen LogP contribution >= 0.6 is 12.4 Å². The first-order valence-electron chi connectivity index (χ1n) is 8.35. The van der Waals surface area contributed by atoms with Crippen LogP contribution in [0.2, 0.25) is 0 Å². The molecule has 1 N–H and O–H groups in total. The minimum Gasteiger partial charge on any atom is -0.383 e. The molecule has 1 aromatic heterocycles. The van der Waals surface area contributed by atoms with Gasteiger partial charge in [0, 0.05) is 24.8 Å². The van der Waals surface area contributed by atoms with Crippen LogP contribution in [0, 0.1) is 0 Å². The number of aromatic nitrogens is 2. The number of benzene rings is 1. The van der Waals surface area contributed by atoms with Crippen LogP contribution in [0.5, 0.6) is 5.75 Å². The molecule has 0 saturated carbocycles. The van der Waals surface area contributed by atoms with Crippen LogP contribution in [0.25, 0.3) is 11.3 Å². The molecular weight excluding hydrogens is 392 g/mol. The summed E-state index contributed by atoms with van der Waals surface area (Å²) in [7, 11) is -1.74. The Morgan fingerprint density at radius 3 is 2.48 bits per heavy atom. The summed E-state index contributed by atoms with van der Waals surface area (Å²) in [5, 5.41) is 3.29. The number of nitrogens with one attached hydrogen (secondary N) is 1. The second kappa shape index (κ2) is 8.73. The Labute approximate surface area is 165 Å². The predicted octanol–water partition coefficient (Wildman–Crippen LogP) is 1.96. The van der Waals surface area contributed by atoms with Crippen LogP contribution in [-0.2, 0) is 10.1 Å². The summed E-state index contributed by atoms with van der Waals surface area (Å²) in [6.45, 7) is 1.83. The monoisotopic (exact) mass is 414 g/mol. The Hall–Kier alpha value is -2.10. The molecule has 3 rings (SSSR count). The molecule has 0 bridgehead atoms. The van der Waals surface area contributed by atoms with E-state index in [0.717, 1.165) is 37.8 Å². The van der Waals surface area contributed by atoms with Gasteiger partial charge >= 0.3 is 16.1 Å². The minimum absolute atomic E-state index is 0. The molecule has 0 atom stereocenters. The third kappa shape index (κ3) is 5.44. The molecule has 1 aromatic carbocycles. The molecule has 10 heteroatoms. The van der Waals surface area contributed by atoms with Crippen molar-refractivity contribution in [2.45, 2.75) is 18.9 Å². The van der Waals surface area contributed by atoms with E-state index >= 15 is 0 Å². The summed E-state index contributed by atoms with van der Waals surface area (Å²) >= 11 is 0.